The van der Waals surface area contributed by atoms with Gasteiger partial charge in [0.15, 0.2) is 0 Å². The van der Waals surface area contributed by atoms with Crippen molar-refractivity contribution < 1.29 is 12.3 Å². The molecule has 0 aliphatic carbocycles. The molecular weight excluding hydrogens is 637 g/mol. The van der Waals surface area contributed by atoms with Crippen molar-refractivity contribution in [1.82, 2.24) is 0 Å². The highest BCUT2D eigenvalue weighted by Gasteiger charge is 2.62. The minimum Gasteiger partial charge on any atom is -0.415 e. The van der Waals surface area contributed by atoms with Gasteiger partial charge in [0.2, 0.25) is 0 Å². The molecule has 0 saturated carbocycles. The highest BCUT2D eigenvalue weighted by Crippen LogP contribution is 2.40. The van der Waals surface area contributed by atoms with Gasteiger partial charge in [-0.3, -0.25) is 0 Å². The van der Waals surface area contributed by atoms with Crippen LogP contribution in [0, 0.1) is 0 Å². The van der Waals surface area contributed by atoms with Crippen LogP contribution in [-0.4, -0.2) is 25.7 Å². The standard InChI is InChI=1S/C42H42O3Si3/c1-7-19-37(20-8-1)31-46(32-38-21-9-2-10-22-38)43-47(33-39-23-11-3-12-24-39,34-40-25-13-4-14-26-40)45-48(44-46,35-41-27-15-5-16-28-41)36-42-29-17-6-18-30-42/h1-30H,31-36H2. The van der Waals surface area contributed by atoms with E-state index >= 15 is 0 Å². The maximum atomic E-state index is 7.88. The van der Waals surface area contributed by atoms with E-state index in [1.807, 2.05) is 0 Å². The van der Waals surface area contributed by atoms with Crippen molar-refractivity contribution in [1.29, 1.82) is 0 Å². The maximum absolute atomic E-state index is 7.88. The lowest BCUT2D eigenvalue weighted by atomic mass is 10.2. The molecule has 0 N–H and O–H groups in total. The van der Waals surface area contributed by atoms with Crippen molar-refractivity contribution in [3.8, 4) is 0 Å². The summed E-state index contributed by atoms with van der Waals surface area (Å²) < 4.78 is 23.6. The summed E-state index contributed by atoms with van der Waals surface area (Å²) in [7, 11) is -9.16. The molecule has 240 valence electrons. The van der Waals surface area contributed by atoms with Gasteiger partial charge in [0.25, 0.3) is 0 Å². The van der Waals surface area contributed by atoms with Gasteiger partial charge in [-0.1, -0.05) is 182 Å². The average Bonchev–Trinajstić information content (AvgIpc) is 3.10. The number of hydrogen-bond acceptors (Lipinski definition) is 3. The smallest absolute Gasteiger partial charge is 0.329 e. The van der Waals surface area contributed by atoms with Crippen LogP contribution in [0.1, 0.15) is 33.4 Å². The Morgan fingerprint density at radius 1 is 0.229 bits per heavy atom. The van der Waals surface area contributed by atoms with Crippen LogP contribution in [0.2, 0.25) is 0 Å². The summed E-state index contributed by atoms with van der Waals surface area (Å²) in [5, 5.41) is 0. The molecule has 6 heteroatoms. The van der Waals surface area contributed by atoms with Gasteiger partial charge in [0, 0.05) is 36.3 Å². The van der Waals surface area contributed by atoms with Crippen molar-refractivity contribution >= 4 is 25.7 Å². The lowest BCUT2D eigenvalue weighted by molar-refractivity contribution is 0.203. The van der Waals surface area contributed by atoms with Gasteiger partial charge in [0.05, 0.1) is 0 Å². The molecular formula is C42H42O3Si3. The van der Waals surface area contributed by atoms with E-state index in [0.29, 0.717) is 0 Å². The van der Waals surface area contributed by atoms with E-state index in [2.05, 4.69) is 182 Å². The summed E-state index contributed by atoms with van der Waals surface area (Å²) in [5.41, 5.74) is 7.54. The number of benzene rings is 6. The molecule has 6 aromatic carbocycles. The third kappa shape index (κ3) is 8.28. The highest BCUT2D eigenvalue weighted by molar-refractivity contribution is 6.93. The van der Waals surface area contributed by atoms with E-state index in [1.54, 1.807) is 0 Å². The molecule has 1 fully saturated rings. The fourth-order valence-electron chi connectivity index (χ4n) is 7.14. The van der Waals surface area contributed by atoms with Crippen molar-refractivity contribution in [3.05, 3.63) is 215 Å². The second kappa shape index (κ2) is 15.0. The predicted molar refractivity (Wildman–Crippen MR) is 201 cm³/mol. The quantitative estimate of drug-likeness (QED) is 0.121. The Bertz CT molecular complexity index is 1480. The molecule has 0 atom stereocenters. The molecule has 3 nitrogen and oxygen atoms in total. The molecule has 0 spiro atoms. The van der Waals surface area contributed by atoms with Crippen LogP contribution in [0.4, 0.5) is 0 Å². The van der Waals surface area contributed by atoms with E-state index < -0.39 is 25.7 Å². The molecule has 0 aromatic heterocycles. The fraction of sp³-hybridized carbons (Fsp3) is 0.143. The van der Waals surface area contributed by atoms with Gasteiger partial charge in [-0.15, -0.1) is 0 Å². The molecule has 1 aliphatic heterocycles. The van der Waals surface area contributed by atoms with Crippen LogP contribution in [0.5, 0.6) is 0 Å². The van der Waals surface area contributed by atoms with E-state index in [0.717, 1.165) is 36.3 Å². The first-order chi connectivity index (χ1) is 23.6. The highest BCUT2D eigenvalue weighted by atomic mass is 28.5. The van der Waals surface area contributed by atoms with Gasteiger partial charge in [-0.2, -0.15) is 0 Å². The Balaban J connectivity index is 1.44. The second-order valence-corrected chi connectivity index (χ2v) is 23.0. The molecule has 6 aromatic rings. The summed E-state index contributed by atoms with van der Waals surface area (Å²) in [6.45, 7) is 0. The first-order valence-corrected chi connectivity index (χ1v) is 23.6. The predicted octanol–water partition coefficient (Wildman–Crippen LogP) is 9.07. The van der Waals surface area contributed by atoms with Gasteiger partial charge < -0.3 is 12.3 Å². The summed E-state index contributed by atoms with van der Waals surface area (Å²) in [6.07, 6.45) is 0. The maximum Gasteiger partial charge on any atom is 0.329 e. The molecule has 0 amide bonds. The molecule has 7 rings (SSSR count). The molecule has 1 saturated heterocycles. The zero-order valence-corrected chi connectivity index (χ0v) is 30.3. The van der Waals surface area contributed by atoms with Crippen molar-refractivity contribution in [2.24, 2.45) is 0 Å². The van der Waals surface area contributed by atoms with Gasteiger partial charge in [-0.05, 0) is 33.4 Å². The van der Waals surface area contributed by atoms with Crippen LogP contribution in [0.15, 0.2) is 182 Å². The van der Waals surface area contributed by atoms with Gasteiger partial charge in [-0.25, -0.2) is 0 Å². The summed E-state index contributed by atoms with van der Waals surface area (Å²) in [4.78, 5) is 0. The molecule has 0 radical (unpaired) electrons. The third-order valence-corrected chi connectivity index (χ3v) is 23.6. The zero-order chi connectivity index (χ0) is 32.5. The minimum absolute atomic E-state index is 0.767. The largest absolute Gasteiger partial charge is 0.415 e. The van der Waals surface area contributed by atoms with Gasteiger partial charge in [0.1, 0.15) is 0 Å². The lowest BCUT2D eigenvalue weighted by Gasteiger charge is -2.54. The van der Waals surface area contributed by atoms with Crippen molar-refractivity contribution in [2.45, 2.75) is 36.3 Å². The monoisotopic (exact) mass is 678 g/mol. The van der Waals surface area contributed by atoms with E-state index in [-0.39, 0.29) is 0 Å². The van der Waals surface area contributed by atoms with Crippen molar-refractivity contribution in [3.63, 3.8) is 0 Å². The zero-order valence-electron chi connectivity index (χ0n) is 27.3. The average molecular weight is 679 g/mol. The molecule has 0 unspecified atom stereocenters. The Labute approximate surface area is 288 Å². The molecule has 48 heavy (non-hydrogen) atoms. The molecule has 0 bridgehead atoms. The second-order valence-electron chi connectivity index (χ2n) is 13.0. The molecule has 1 aliphatic rings. The summed E-state index contributed by atoms with van der Waals surface area (Å²) in [6, 6.07) is 69.6. The Morgan fingerprint density at radius 3 is 0.521 bits per heavy atom. The van der Waals surface area contributed by atoms with Crippen molar-refractivity contribution in [2.75, 3.05) is 0 Å². The normalized spacial score (nSPS) is 16.2. The van der Waals surface area contributed by atoms with Crippen LogP contribution in [0.3, 0.4) is 0 Å². The van der Waals surface area contributed by atoms with Crippen LogP contribution < -0.4 is 0 Å². The number of hydrogen-bond donors (Lipinski definition) is 0. The topological polar surface area (TPSA) is 27.7 Å². The van der Waals surface area contributed by atoms with Crippen LogP contribution in [-0.2, 0) is 48.6 Å². The lowest BCUT2D eigenvalue weighted by Crippen LogP contribution is -2.75. The van der Waals surface area contributed by atoms with E-state index in [9.17, 15) is 0 Å². The summed E-state index contributed by atoms with van der Waals surface area (Å²) >= 11 is 0. The first-order valence-electron chi connectivity index (χ1n) is 16.9. The van der Waals surface area contributed by atoms with Crippen LogP contribution >= 0.6 is 0 Å². The van der Waals surface area contributed by atoms with Gasteiger partial charge >= 0.3 is 25.7 Å². The Hall–Kier alpha value is -4.15. The summed E-state index contributed by atoms with van der Waals surface area (Å²) in [5.74, 6) is 0. The number of rotatable bonds is 12. The van der Waals surface area contributed by atoms with E-state index in [1.165, 1.54) is 33.4 Å². The molecule has 1 heterocycles. The SMILES string of the molecule is c1ccc(C[Si]2(Cc3ccccc3)O[Si](Cc3ccccc3)(Cc3ccccc3)O[Si](Cc3ccccc3)(Cc3ccccc3)O2)cc1. The van der Waals surface area contributed by atoms with E-state index in [4.69, 9.17) is 12.3 Å². The van der Waals surface area contributed by atoms with Crippen LogP contribution in [0.25, 0.3) is 0 Å². The minimum atomic E-state index is -3.05. The fourth-order valence-corrected chi connectivity index (χ4v) is 25.9. The Kier molecular flexibility index (Phi) is 10.1. The third-order valence-electron chi connectivity index (χ3n) is 9.01. The first kappa shape index (κ1) is 32.4. The Morgan fingerprint density at radius 2 is 0.375 bits per heavy atom.